The van der Waals surface area contributed by atoms with Crippen molar-refractivity contribution in [1.29, 1.82) is 0 Å². The van der Waals surface area contributed by atoms with Crippen LogP contribution in [0.5, 0.6) is 11.5 Å². The molecule has 0 fully saturated rings. The van der Waals surface area contributed by atoms with Gasteiger partial charge in [0.15, 0.2) is 11.5 Å². The normalized spacial score (nSPS) is 11.3. The van der Waals surface area contributed by atoms with Gasteiger partial charge in [-0.05, 0) is 63.5 Å². The summed E-state index contributed by atoms with van der Waals surface area (Å²) < 4.78 is 40.2. The fourth-order valence-electron chi connectivity index (χ4n) is 3.89. The summed E-state index contributed by atoms with van der Waals surface area (Å²) in [6.45, 7) is 0.0330. The second kappa shape index (κ2) is 12.6. The molecule has 39 heavy (non-hydrogen) atoms. The second-order valence-electron chi connectivity index (χ2n) is 8.26. The van der Waals surface area contributed by atoms with Crippen LogP contribution in [-0.2, 0) is 16.6 Å². The summed E-state index contributed by atoms with van der Waals surface area (Å²) in [6, 6.07) is 27.3. The molecule has 200 valence electrons. The molecule has 0 radical (unpaired) electrons. The Labute approximate surface area is 236 Å². The summed E-state index contributed by atoms with van der Waals surface area (Å²) in [7, 11) is -0.950. The molecule has 0 saturated carbocycles. The van der Waals surface area contributed by atoms with Crippen LogP contribution in [0.1, 0.15) is 21.5 Å². The molecule has 4 aromatic carbocycles. The van der Waals surface area contributed by atoms with Crippen LogP contribution in [0.2, 0.25) is 0 Å². The van der Waals surface area contributed by atoms with Crippen molar-refractivity contribution in [3.63, 3.8) is 0 Å². The van der Waals surface area contributed by atoms with Crippen LogP contribution < -0.4 is 19.2 Å². The van der Waals surface area contributed by atoms with E-state index in [-0.39, 0.29) is 22.7 Å². The number of carbonyl (C=O) groups excluding carboxylic acids is 1. The quantitative estimate of drug-likeness (QED) is 0.186. The highest BCUT2D eigenvalue weighted by molar-refractivity contribution is 9.10. The summed E-state index contributed by atoms with van der Waals surface area (Å²) in [5, 5.41) is 4.09. The van der Waals surface area contributed by atoms with Crippen molar-refractivity contribution in [3.05, 3.63) is 118 Å². The number of anilines is 1. The molecule has 0 aliphatic carbocycles. The second-order valence-corrected chi connectivity index (χ2v) is 11.0. The van der Waals surface area contributed by atoms with Crippen LogP contribution in [-0.4, -0.2) is 34.8 Å². The minimum absolute atomic E-state index is 0.0330. The molecule has 0 aliphatic heterocycles. The number of para-hydroxylation sites is 1. The molecule has 0 unspecified atom stereocenters. The highest BCUT2D eigenvalue weighted by Crippen LogP contribution is 2.36. The average Bonchev–Trinajstić information content (AvgIpc) is 2.96. The molecule has 8 nitrogen and oxygen atoms in total. The van der Waals surface area contributed by atoms with Crippen molar-refractivity contribution in [2.24, 2.45) is 5.10 Å². The average molecular weight is 609 g/mol. The summed E-state index contributed by atoms with van der Waals surface area (Å²) in [6.07, 6.45) is 1.45. The third kappa shape index (κ3) is 6.47. The smallest absolute Gasteiger partial charge is 0.273 e. The van der Waals surface area contributed by atoms with Gasteiger partial charge in [0, 0.05) is 0 Å². The maximum absolute atomic E-state index is 13.8. The molecule has 4 rings (SSSR count). The molecule has 0 bridgehead atoms. The number of halogens is 1. The highest BCUT2D eigenvalue weighted by Gasteiger charge is 2.28. The van der Waals surface area contributed by atoms with Crippen LogP contribution in [0.3, 0.4) is 0 Å². The van der Waals surface area contributed by atoms with Gasteiger partial charge in [-0.25, -0.2) is 13.8 Å². The van der Waals surface area contributed by atoms with E-state index in [9.17, 15) is 13.2 Å². The monoisotopic (exact) mass is 607 g/mol. The van der Waals surface area contributed by atoms with E-state index in [1.54, 1.807) is 54.6 Å². The first-order valence-electron chi connectivity index (χ1n) is 11.8. The summed E-state index contributed by atoms with van der Waals surface area (Å²) in [5.41, 5.74) is 4.30. The van der Waals surface area contributed by atoms with Crippen LogP contribution in [0.4, 0.5) is 5.69 Å². The third-order valence-electron chi connectivity index (χ3n) is 5.75. The first kappa shape index (κ1) is 27.9. The maximum atomic E-state index is 13.8. The van der Waals surface area contributed by atoms with Crippen molar-refractivity contribution >= 4 is 43.8 Å². The minimum atomic E-state index is -4.01. The number of nitrogens with one attached hydrogen (secondary N) is 1. The Bertz CT molecular complexity index is 1580. The Morgan fingerprint density at radius 3 is 2.23 bits per heavy atom. The number of sulfonamides is 1. The van der Waals surface area contributed by atoms with Crippen molar-refractivity contribution in [3.8, 4) is 11.5 Å². The van der Waals surface area contributed by atoms with Gasteiger partial charge in [-0.1, -0.05) is 60.7 Å². The van der Waals surface area contributed by atoms with E-state index in [2.05, 4.69) is 26.5 Å². The lowest BCUT2D eigenvalue weighted by Crippen LogP contribution is -2.33. The fraction of sp³-hybridized carbons (Fsp3) is 0.103. The van der Waals surface area contributed by atoms with Gasteiger partial charge in [0.1, 0.15) is 0 Å². The fourth-order valence-corrected chi connectivity index (χ4v) is 6.00. The highest BCUT2D eigenvalue weighted by atomic mass is 79.9. The predicted molar refractivity (Wildman–Crippen MR) is 155 cm³/mol. The molecule has 4 aromatic rings. The number of amides is 1. The molecule has 0 aromatic heterocycles. The largest absolute Gasteiger partial charge is 0.493 e. The number of benzene rings is 4. The van der Waals surface area contributed by atoms with Gasteiger partial charge in [0.05, 0.1) is 47.6 Å². The Balaban J connectivity index is 1.67. The number of nitrogens with zero attached hydrogens (tertiary/aromatic N) is 2. The number of ether oxygens (including phenoxy) is 2. The molecule has 1 N–H and O–H groups in total. The molecular weight excluding hydrogens is 582 g/mol. The van der Waals surface area contributed by atoms with E-state index in [4.69, 9.17) is 9.47 Å². The number of hydrazone groups is 1. The van der Waals surface area contributed by atoms with Gasteiger partial charge >= 0.3 is 0 Å². The lowest BCUT2D eigenvalue weighted by molar-refractivity contribution is 0.0955. The molecule has 0 aliphatic rings. The molecule has 0 spiro atoms. The van der Waals surface area contributed by atoms with Crippen molar-refractivity contribution < 1.29 is 22.7 Å². The first-order chi connectivity index (χ1) is 18.8. The number of hydrogen-bond donors (Lipinski definition) is 1. The maximum Gasteiger partial charge on any atom is 0.273 e. The molecule has 0 atom stereocenters. The Morgan fingerprint density at radius 2 is 1.56 bits per heavy atom. The Kier molecular flexibility index (Phi) is 9.00. The van der Waals surface area contributed by atoms with Crippen molar-refractivity contribution in [2.45, 2.75) is 11.4 Å². The zero-order valence-electron chi connectivity index (χ0n) is 21.2. The molecule has 0 saturated heterocycles. The van der Waals surface area contributed by atoms with E-state index >= 15 is 0 Å². The molecule has 0 heterocycles. The SMILES string of the molecule is COc1cc(/C=N/NC(=O)c2ccccc2N(Cc2ccccc2)S(=O)(=O)c2ccccc2)cc(Br)c1OC. The van der Waals surface area contributed by atoms with Gasteiger partial charge in [-0.2, -0.15) is 5.10 Å². The van der Waals surface area contributed by atoms with Gasteiger partial charge in [0.25, 0.3) is 15.9 Å². The topological polar surface area (TPSA) is 97.3 Å². The van der Waals surface area contributed by atoms with Crippen molar-refractivity contribution in [2.75, 3.05) is 18.5 Å². The minimum Gasteiger partial charge on any atom is -0.493 e. The van der Waals surface area contributed by atoms with Crippen molar-refractivity contribution in [1.82, 2.24) is 5.43 Å². The van der Waals surface area contributed by atoms with Gasteiger partial charge in [-0.3, -0.25) is 9.10 Å². The molecule has 1 amide bonds. The summed E-state index contributed by atoms with van der Waals surface area (Å²) in [4.78, 5) is 13.4. The van der Waals surface area contributed by atoms with Crippen LogP contribution in [0.15, 0.2) is 112 Å². The number of rotatable bonds is 10. The van der Waals surface area contributed by atoms with Crippen LogP contribution in [0, 0.1) is 0 Å². The zero-order valence-corrected chi connectivity index (χ0v) is 23.6. The number of methoxy groups -OCH3 is 2. The first-order valence-corrected chi connectivity index (χ1v) is 14.0. The number of hydrogen-bond acceptors (Lipinski definition) is 6. The van der Waals surface area contributed by atoms with E-state index in [0.717, 1.165) is 5.56 Å². The van der Waals surface area contributed by atoms with E-state index in [1.807, 2.05) is 30.3 Å². The van der Waals surface area contributed by atoms with E-state index in [0.29, 0.717) is 21.5 Å². The van der Waals surface area contributed by atoms with Gasteiger partial charge < -0.3 is 9.47 Å². The van der Waals surface area contributed by atoms with Crippen LogP contribution >= 0.6 is 15.9 Å². The molecular formula is C29H26BrN3O5S. The van der Waals surface area contributed by atoms with E-state index < -0.39 is 15.9 Å². The summed E-state index contributed by atoms with van der Waals surface area (Å²) >= 11 is 3.43. The molecule has 10 heteroatoms. The standard InChI is InChI=1S/C29H26BrN3O5S/c1-37-27-18-22(17-25(30)28(27)38-2)19-31-32-29(34)24-15-9-10-16-26(24)33(20-21-11-5-3-6-12-21)39(35,36)23-13-7-4-8-14-23/h3-19H,20H2,1-2H3,(H,32,34)/b31-19+. The van der Waals surface area contributed by atoms with Gasteiger partial charge in [0.2, 0.25) is 0 Å². The third-order valence-corrected chi connectivity index (χ3v) is 8.12. The van der Waals surface area contributed by atoms with E-state index in [1.165, 1.54) is 36.9 Å². The lowest BCUT2D eigenvalue weighted by Gasteiger charge is -2.26. The van der Waals surface area contributed by atoms with Crippen LogP contribution in [0.25, 0.3) is 0 Å². The predicted octanol–water partition coefficient (Wildman–Crippen LogP) is 5.63. The summed E-state index contributed by atoms with van der Waals surface area (Å²) in [5.74, 6) is 0.459. The zero-order chi connectivity index (χ0) is 27.8. The number of carbonyl (C=O) groups is 1. The Morgan fingerprint density at radius 1 is 0.923 bits per heavy atom. The lowest BCUT2D eigenvalue weighted by atomic mass is 10.1. The Hall–Kier alpha value is -4.15. The van der Waals surface area contributed by atoms with Gasteiger partial charge in [-0.15, -0.1) is 0 Å².